The SMILES string of the molecule is N/C(=N\OC(=O)c1cccc(F)c1)c1ccc(F)cc1. The molecule has 0 saturated carbocycles. The van der Waals surface area contributed by atoms with Crippen molar-refractivity contribution in [2.75, 3.05) is 0 Å². The van der Waals surface area contributed by atoms with Gasteiger partial charge in [-0.15, -0.1) is 0 Å². The summed E-state index contributed by atoms with van der Waals surface area (Å²) in [7, 11) is 0. The Bertz CT molecular complexity index is 654. The van der Waals surface area contributed by atoms with Crippen molar-refractivity contribution < 1.29 is 18.4 Å². The number of hydrogen-bond donors (Lipinski definition) is 1. The maximum atomic E-state index is 12.9. The molecule has 4 nitrogen and oxygen atoms in total. The number of nitrogens with two attached hydrogens (primary N) is 1. The summed E-state index contributed by atoms with van der Waals surface area (Å²) < 4.78 is 25.6. The maximum absolute atomic E-state index is 12.9. The molecule has 2 rings (SSSR count). The van der Waals surface area contributed by atoms with Crippen LogP contribution < -0.4 is 5.73 Å². The Morgan fingerprint density at radius 3 is 2.35 bits per heavy atom. The normalized spacial score (nSPS) is 11.2. The van der Waals surface area contributed by atoms with E-state index in [0.717, 1.165) is 6.07 Å². The third-order valence-electron chi connectivity index (χ3n) is 2.43. The summed E-state index contributed by atoms with van der Waals surface area (Å²) in [5.74, 6) is -1.91. The third-order valence-corrected chi connectivity index (χ3v) is 2.43. The zero-order chi connectivity index (χ0) is 14.5. The van der Waals surface area contributed by atoms with Crippen molar-refractivity contribution >= 4 is 11.8 Å². The van der Waals surface area contributed by atoms with Crippen LogP contribution in [0.15, 0.2) is 53.7 Å². The van der Waals surface area contributed by atoms with Crippen molar-refractivity contribution in [2.45, 2.75) is 0 Å². The predicted molar refractivity (Wildman–Crippen MR) is 68.9 cm³/mol. The molecule has 20 heavy (non-hydrogen) atoms. The molecule has 2 aromatic rings. The highest BCUT2D eigenvalue weighted by Gasteiger charge is 2.08. The van der Waals surface area contributed by atoms with Crippen molar-refractivity contribution in [3.8, 4) is 0 Å². The molecule has 0 atom stereocenters. The number of rotatable bonds is 3. The summed E-state index contributed by atoms with van der Waals surface area (Å²) in [6.45, 7) is 0. The fourth-order valence-corrected chi connectivity index (χ4v) is 1.43. The van der Waals surface area contributed by atoms with Crippen molar-refractivity contribution in [1.82, 2.24) is 0 Å². The van der Waals surface area contributed by atoms with E-state index in [1.165, 1.54) is 42.5 Å². The summed E-state index contributed by atoms with van der Waals surface area (Å²) in [5.41, 5.74) is 5.99. The molecule has 2 aromatic carbocycles. The van der Waals surface area contributed by atoms with Crippen LogP contribution in [0.2, 0.25) is 0 Å². The van der Waals surface area contributed by atoms with Crippen molar-refractivity contribution in [3.05, 3.63) is 71.3 Å². The highest BCUT2D eigenvalue weighted by molar-refractivity contribution is 5.98. The van der Waals surface area contributed by atoms with Crippen LogP contribution in [-0.2, 0) is 4.84 Å². The van der Waals surface area contributed by atoms with Crippen LogP contribution in [0.4, 0.5) is 8.78 Å². The molecule has 0 aromatic heterocycles. The van der Waals surface area contributed by atoms with Gasteiger partial charge in [-0.1, -0.05) is 11.2 Å². The average molecular weight is 276 g/mol. The number of oxime groups is 1. The van der Waals surface area contributed by atoms with E-state index in [1.54, 1.807) is 0 Å². The van der Waals surface area contributed by atoms with Gasteiger partial charge in [0.25, 0.3) is 0 Å². The van der Waals surface area contributed by atoms with Crippen LogP contribution in [-0.4, -0.2) is 11.8 Å². The molecule has 0 aliphatic carbocycles. The number of benzene rings is 2. The summed E-state index contributed by atoms with van der Waals surface area (Å²) in [4.78, 5) is 16.2. The second-order valence-electron chi connectivity index (χ2n) is 3.87. The lowest BCUT2D eigenvalue weighted by Gasteiger charge is -2.01. The topological polar surface area (TPSA) is 64.7 Å². The van der Waals surface area contributed by atoms with Crippen LogP contribution in [0.5, 0.6) is 0 Å². The molecule has 0 aliphatic rings. The van der Waals surface area contributed by atoms with Gasteiger partial charge in [0, 0.05) is 5.56 Å². The lowest BCUT2D eigenvalue weighted by atomic mass is 10.2. The van der Waals surface area contributed by atoms with Gasteiger partial charge in [-0.2, -0.15) is 0 Å². The van der Waals surface area contributed by atoms with E-state index in [1.807, 2.05) is 0 Å². The third kappa shape index (κ3) is 3.38. The second-order valence-corrected chi connectivity index (χ2v) is 3.87. The van der Waals surface area contributed by atoms with E-state index >= 15 is 0 Å². The number of nitrogens with zero attached hydrogens (tertiary/aromatic N) is 1. The van der Waals surface area contributed by atoms with Gasteiger partial charge in [-0.25, -0.2) is 13.6 Å². The molecular weight excluding hydrogens is 266 g/mol. The van der Waals surface area contributed by atoms with Gasteiger partial charge in [-0.05, 0) is 42.5 Å². The van der Waals surface area contributed by atoms with Crippen molar-refractivity contribution in [3.63, 3.8) is 0 Å². The molecule has 0 unspecified atom stereocenters. The molecule has 0 saturated heterocycles. The van der Waals surface area contributed by atoms with Crippen molar-refractivity contribution in [2.24, 2.45) is 10.9 Å². The number of hydrogen-bond acceptors (Lipinski definition) is 3. The molecule has 2 N–H and O–H groups in total. The summed E-state index contributed by atoms with van der Waals surface area (Å²) in [6, 6.07) is 10.2. The van der Waals surface area contributed by atoms with Gasteiger partial charge < -0.3 is 10.6 Å². The van der Waals surface area contributed by atoms with Crippen LogP contribution >= 0.6 is 0 Å². The minimum atomic E-state index is -0.838. The Kier molecular flexibility index (Phi) is 4.05. The van der Waals surface area contributed by atoms with Crippen LogP contribution in [0.25, 0.3) is 0 Å². The maximum Gasteiger partial charge on any atom is 0.365 e. The van der Waals surface area contributed by atoms with Gasteiger partial charge in [0.1, 0.15) is 11.6 Å². The fraction of sp³-hybridized carbons (Fsp3) is 0. The molecule has 0 heterocycles. The first-order valence-electron chi connectivity index (χ1n) is 5.62. The van der Waals surface area contributed by atoms with Crippen LogP contribution in [0, 0.1) is 11.6 Å². The Balaban J connectivity index is 2.08. The van der Waals surface area contributed by atoms with Gasteiger partial charge in [0.05, 0.1) is 5.56 Å². The molecule has 0 bridgehead atoms. The largest absolute Gasteiger partial charge is 0.380 e. The second kappa shape index (κ2) is 5.92. The summed E-state index contributed by atoms with van der Waals surface area (Å²) >= 11 is 0. The van der Waals surface area contributed by atoms with E-state index in [2.05, 4.69) is 9.99 Å². The predicted octanol–water partition coefficient (Wildman–Crippen LogP) is 2.44. The fourth-order valence-electron chi connectivity index (χ4n) is 1.43. The quantitative estimate of drug-likeness (QED) is 0.405. The van der Waals surface area contributed by atoms with Crippen LogP contribution in [0.1, 0.15) is 15.9 Å². The summed E-state index contributed by atoms with van der Waals surface area (Å²) in [5, 5.41) is 3.43. The van der Waals surface area contributed by atoms with Crippen molar-refractivity contribution in [1.29, 1.82) is 0 Å². The standard InChI is InChI=1S/C14H10F2N2O2/c15-11-6-4-9(5-7-11)13(17)18-20-14(19)10-2-1-3-12(16)8-10/h1-8H,(H2,17,18). The molecule has 0 fully saturated rings. The zero-order valence-corrected chi connectivity index (χ0v) is 10.2. The number of halogens is 2. The first kappa shape index (κ1) is 13.7. The molecule has 6 heteroatoms. The van der Waals surface area contributed by atoms with Crippen LogP contribution in [0.3, 0.4) is 0 Å². The van der Waals surface area contributed by atoms with E-state index in [-0.39, 0.29) is 11.4 Å². The highest BCUT2D eigenvalue weighted by atomic mass is 19.1. The van der Waals surface area contributed by atoms with E-state index in [9.17, 15) is 13.6 Å². The number of carbonyl (C=O) groups excluding carboxylic acids is 1. The lowest BCUT2D eigenvalue weighted by molar-refractivity contribution is 0.0515. The smallest absolute Gasteiger partial charge is 0.365 e. The van der Waals surface area contributed by atoms with Gasteiger partial charge in [-0.3, -0.25) is 0 Å². The minimum Gasteiger partial charge on any atom is -0.380 e. The number of carbonyl (C=O) groups is 1. The van der Waals surface area contributed by atoms with Gasteiger partial charge in [0.2, 0.25) is 0 Å². The number of amidine groups is 1. The van der Waals surface area contributed by atoms with E-state index in [0.29, 0.717) is 5.56 Å². The molecule has 0 spiro atoms. The monoisotopic (exact) mass is 276 g/mol. The molecular formula is C14H10F2N2O2. The Hall–Kier alpha value is -2.76. The lowest BCUT2D eigenvalue weighted by Crippen LogP contribution is -2.15. The minimum absolute atomic E-state index is 0.0145. The van der Waals surface area contributed by atoms with E-state index < -0.39 is 17.6 Å². The first-order chi connectivity index (χ1) is 9.56. The highest BCUT2D eigenvalue weighted by Crippen LogP contribution is 2.06. The Labute approximate surface area is 113 Å². The zero-order valence-electron chi connectivity index (χ0n) is 10.2. The van der Waals surface area contributed by atoms with Gasteiger partial charge >= 0.3 is 5.97 Å². The molecule has 0 radical (unpaired) electrons. The summed E-state index contributed by atoms with van der Waals surface area (Å²) in [6.07, 6.45) is 0. The molecule has 102 valence electrons. The average Bonchev–Trinajstić information content (AvgIpc) is 2.45. The molecule has 0 aliphatic heterocycles. The van der Waals surface area contributed by atoms with Gasteiger partial charge in [0.15, 0.2) is 5.84 Å². The molecule has 0 amide bonds. The van der Waals surface area contributed by atoms with E-state index in [4.69, 9.17) is 5.73 Å². The Morgan fingerprint density at radius 2 is 1.70 bits per heavy atom. The first-order valence-corrected chi connectivity index (χ1v) is 5.62. The Morgan fingerprint density at radius 1 is 1.00 bits per heavy atom.